The highest BCUT2D eigenvalue weighted by atomic mass is 35.5. The molecule has 2 fully saturated rings. The molecule has 2 aromatic carbocycles. The van der Waals surface area contributed by atoms with Crippen LogP contribution in [-0.2, 0) is 24.5 Å². The van der Waals surface area contributed by atoms with Crippen LogP contribution in [-0.4, -0.2) is 60.8 Å². The molecule has 1 saturated heterocycles. The van der Waals surface area contributed by atoms with Crippen molar-refractivity contribution in [3.05, 3.63) is 64.4 Å². The van der Waals surface area contributed by atoms with Crippen molar-refractivity contribution in [2.24, 2.45) is 11.3 Å². The molecule has 0 radical (unpaired) electrons. The topological polar surface area (TPSA) is 134 Å². The molecule has 3 aromatic rings. The van der Waals surface area contributed by atoms with Crippen LogP contribution in [0, 0.1) is 11.3 Å². The highest BCUT2D eigenvalue weighted by molar-refractivity contribution is 6.31. The Balaban J connectivity index is 1.53. The van der Waals surface area contributed by atoms with Gasteiger partial charge < -0.3 is 30.4 Å². The molecule has 2 aliphatic rings. The molecule has 0 spiro atoms. The van der Waals surface area contributed by atoms with Gasteiger partial charge in [0.25, 0.3) is 0 Å². The van der Waals surface area contributed by atoms with Gasteiger partial charge in [0.1, 0.15) is 11.9 Å². The molecule has 236 valence electrons. The molecule has 2 heterocycles. The number of nitrogens with one attached hydrogen (secondary N) is 4. The van der Waals surface area contributed by atoms with Crippen LogP contribution in [0.25, 0.3) is 11.0 Å². The molecule has 10 nitrogen and oxygen atoms in total. The van der Waals surface area contributed by atoms with Crippen LogP contribution < -0.4 is 16.0 Å². The summed E-state index contributed by atoms with van der Waals surface area (Å²) in [7, 11) is 1.34. The predicted octanol–water partition coefficient (Wildman–Crippen LogP) is 5.13. The van der Waals surface area contributed by atoms with Crippen molar-refractivity contribution in [2.75, 3.05) is 26.9 Å². The molecule has 1 aromatic heterocycles. The third kappa shape index (κ3) is 6.15. The Morgan fingerprint density at radius 2 is 1.86 bits per heavy atom. The van der Waals surface area contributed by atoms with Gasteiger partial charge in [-0.3, -0.25) is 9.59 Å². The van der Waals surface area contributed by atoms with Gasteiger partial charge in [-0.15, -0.1) is 0 Å². The second-order valence-corrected chi connectivity index (χ2v) is 13.0. The number of aromatic amines is 1. The molecule has 1 aliphatic heterocycles. The highest BCUT2D eigenvalue weighted by Crippen LogP contribution is 2.60. The molecule has 44 heavy (non-hydrogen) atoms. The number of carbonyl (C=O) groups is 3. The fourth-order valence-corrected chi connectivity index (χ4v) is 6.62. The van der Waals surface area contributed by atoms with E-state index in [1.165, 1.54) is 7.11 Å². The van der Waals surface area contributed by atoms with Crippen LogP contribution in [0.2, 0.25) is 5.02 Å². The normalized spacial score (nSPS) is 21.0. The molecule has 1 saturated carbocycles. The third-order valence-corrected chi connectivity index (χ3v) is 9.56. The lowest BCUT2D eigenvalue weighted by Crippen LogP contribution is -2.55. The number of imidazole rings is 1. The maximum absolute atomic E-state index is 13.9. The summed E-state index contributed by atoms with van der Waals surface area (Å²) in [4.78, 5) is 47.7. The molecule has 5 rings (SSSR count). The van der Waals surface area contributed by atoms with Crippen molar-refractivity contribution >= 4 is 40.5 Å². The molecule has 4 atom stereocenters. The van der Waals surface area contributed by atoms with Crippen LogP contribution in [0.3, 0.4) is 0 Å². The zero-order valence-electron chi connectivity index (χ0n) is 26.0. The molecular formula is C33H42ClN5O5. The van der Waals surface area contributed by atoms with Crippen molar-refractivity contribution in [2.45, 2.75) is 70.4 Å². The Morgan fingerprint density at radius 3 is 2.48 bits per heavy atom. The number of alkyl carbamates (subject to hydrolysis) is 1. The predicted molar refractivity (Wildman–Crippen MR) is 168 cm³/mol. The number of nitrogens with zero attached hydrogens (tertiary/aromatic N) is 1. The van der Waals surface area contributed by atoms with Gasteiger partial charge in [-0.25, -0.2) is 9.78 Å². The number of ether oxygens (including phenoxy) is 2. The van der Waals surface area contributed by atoms with Gasteiger partial charge in [-0.1, -0.05) is 56.6 Å². The number of hydrogen-bond acceptors (Lipinski definition) is 6. The molecule has 1 aliphatic carbocycles. The number of rotatable bonds is 11. The second kappa shape index (κ2) is 12.8. The van der Waals surface area contributed by atoms with Gasteiger partial charge in [0.2, 0.25) is 11.8 Å². The number of methoxy groups -OCH3 is 1. The van der Waals surface area contributed by atoms with E-state index in [0.717, 1.165) is 29.5 Å². The summed E-state index contributed by atoms with van der Waals surface area (Å²) in [5.74, 6) is -0.151. The van der Waals surface area contributed by atoms with Crippen LogP contribution in [0.15, 0.2) is 42.5 Å². The van der Waals surface area contributed by atoms with Crippen LogP contribution in [0.4, 0.5) is 4.79 Å². The summed E-state index contributed by atoms with van der Waals surface area (Å²) in [6.07, 6.45) is 1.88. The largest absolute Gasteiger partial charge is 0.453 e. The average Bonchev–Trinajstić information content (AvgIpc) is 3.36. The maximum atomic E-state index is 13.9. The minimum atomic E-state index is -0.968. The first kappa shape index (κ1) is 31.8. The van der Waals surface area contributed by atoms with E-state index in [-0.39, 0.29) is 35.7 Å². The first-order valence-corrected chi connectivity index (χ1v) is 15.7. The monoisotopic (exact) mass is 623 g/mol. The lowest BCUT2D eigenvalue weighted by atomic mass is 9.78. The molecule has 3 amide bonds. The number of amides is 3. The van der Waals surface area contributed by atoms with Gasteiger partial charge >= 0.3 is 6.09 Å². The van der Waals surface area contributed by atoms with Gasteiger partial charge in [0.15, 0.2) is 0 Å². The number of benzene rings is 2. The smallest absolute Gasteiger partial charge is 0.407 e. The minimum Gasteiger partial charge on any atom is -0.453 e. The van der Waals surface area contributed by atoms with E-state index in [9.17, 15) is 14.4 Å². The van der Waals surface area contributed by atoms with Gasteiger partial charge in [-0.2, -0.15) is 0 Å². The summed E-state index contributed by atoms with van der Waals surface area (Å²) in [5.41, 5.74) is 2.04. The second-order valence-electron chi connectivity index (χ2n) is 12.6. The van der Waals surface area contributed by atoms with Crippen molar-refractivity contribution in [1.82, 2.24) is 25.9 Å². The Morgan fingerprint density at radius 1 is 1.11 bits per heavy atom. The van der Waals surface area contributed by atoms with Gasteiger partial charge in [0.05, 0.1) is 36.2 Å². The fraction of sp³-hybridized carbons (Fsp3) is 0.515. The maximum Gasteiger partial charge on any atom is 0.407 e. The number of aromatic nitrogens is 2. The number of hydrogen-bond donors (Lipinski definition) is 4. The number of fused-ring (bicyclic) bond motifs is 1. The summed E-state index contributed by atoms with van der Waals surface area (Å²) in [6, 6.07) is 12.2. The number of H-pyrrole nitrogens is 1. The first-order chi connectivity index (χ1) is 21.0. The lowest BCUT2D eigenvalue weighted by Gasteiger charge is -2.32. The first-order valence-electron chi connectivity index (χ1n) is 15.3. The summed E-state index contributed by atoms with van der Waals surface area (Å²) in [5, 5.41) is 9.49. The number of halogens is 1. The quantitative estimate of drug-likeness (QED) is 0.234. The number of carbonyl (C=O) groups excluding carboxylic acids is 3. The Bertz CT molecular complexity index is 1530. The summed E-state index contributed by atoms with van der Waals surface area (Å²) >= 11 is 6.72. The fourth-order valence-electron chi connectivity index (χ4n) is 6.36. The van der Waals surface area contributed by atoms with Crippen LogP contribution in [0.1, 0.15) is 75.9 Å². The molecule has 0 bridgehead atoms. The molecule has 11 heteroatoms. The Hall–Kier alpha value is -3.63. The van der Waals surface area contributed by atoms with Crippen molar-refractivity contribution in [1.29, 1.82) is 0 Å². The minimum absolute atomic E-state index is 0.0961. The summed E-state index contributed by atoms with van der Waals surface area (Å²) in [6.45, 7) is 8.97. The molecule has 4 N–H and O–H groups in total. The van der Waals surface area contributed by atoms with E-state index < -0.39 is 23.6 Å². The van der Waals surface area contributed by atoms with E-state index in [1.807, 2.05) is 63.2 Å². The van der Waals surface area contributed by atoms with E-state index >= 15 is 0 Å². The average molecular weight is 624 g/mol. The SMILES string of the molecule is CCNC(=O)[C@H](NC(=O)C1(c2ccc3nc([C@@H](NC(=O)OC)[C@H](c4ccccc4Cl)C4(C)CC4)[nH]c3c2)CCOC1)C(C)C. The number of likely N-dealkylation sites (N-methyl/N-ethyl adjacent to an activating group) is 1. The third-order valence-electron chi connectivity index (χ3n) is 9.21. The van der Waals surface area contributed by atoms with E-state index in [2.05, 4.69) is 27.9 Å². The van der Waals surface area contributed by atoms with Crippen molar-refractivity contribution < 1.29 is 23.9 Å². The van der Waals surface area contributed by atoms with Crippen molar-refractivity contribution in [3.63, 3.8) is 0 Å². The zero-order valence-corrected chi connectivity index (χ0v) is 26.7. The lowest BCUT2D eigenvalue weighted by molar-refractivity contribution is -0.133. The van der Waals surface area contributed by atoms with Gasteiger partial charge in [-0.05, 0) is 66.8 Å². The summed E-state index contributed by atoms with van der Waals surface area (Å²) < 4.78 is 10.8. The Kier molecular flexibility index (Phi) is 9.23. The van der Waals surface area contributed by atoms with Gasteiger partial charge in [0, 0.05) is 24.1 Å². The van der Waals surface area contributed by atoms with E-state index in [1.54, 1.807) is 0 Å². The zero-order chi connectivity index (χ0) is 31.6. The molecular weight excluding hydrogens is 582 g/mol. The Labute approximate surface area is 263 Å². The van der Waals surface area contributed by atoms with Crippen LogP contribution in [0.5, 0.6) is 0 Å². The van der Waals surface area contributed by atoms with Crippen LogP contribution >= 0.6 is 11.6 Å². The highest BCUT2D eigenvalue weighted by Gasteiger charge is 2.51. The van der Waals surface area contributed by atoms with E-state index in [0.29, 0.717) is 35.9 Å². The molecule has 1 unspecified atom stereocenters. The standard InChI is InChI=1S/C33H42ClN5O5/c1-6-35-29(40)26(19(2)3)38-30(41)33(15-16-44-18-33)20-11-12-23-24(17-20)37-28(36-23)27(39-31(42)43-5)25(32(4)13-14-32)21-9-7-8-10-22(21)34/h7-12,17,19,25-27H,6,13-16,18H2,1-5H3,(H,35,40)(H,36,37)(H,38,41)(H,39,42)/t25-,26+,27-,33?/m0/s1. The van der Waals surface area contributed by atoms with E-state index in [4.69, 9.17) is 26.1 Å². The van der Waals surface area contributed by atoms with Crippen molar-refractivity contribution in [3.8, 4) is 0 Å².